The smallest absolute Gasteiger partial charge is 0.307 e. The molecule has 0 aromatic carbocycles. The molecule has 2 rings (SSSR count). The second kappa shape index (κ2) is 2.46. The van der Waals surface area contributed by atoms with Gasteiger partial charge in [0.15, 0.2) is 0 Å². The Morgan fingerprint density at radius 1 is 1.67 bits per heavy atom. The molecule has 3 heteroatoms. The third-order valence-electron chi connectivity index (χ3n) is 3.30. The zero-order chi connectivity index (χ0) is 8.77. The molecule has 12 heavy (non-hydrogen) atoms. The van der Waals surface area contributed by atoms with E-state index in [4.69, 9.17) is 5.11 Å². The molecule has 1 aliphatic carbocycles. The fourth-order valence-corrected chi connectivity index (χ4v) is 2.41. The normalized spacial score (nSPS) is 32.6. The number of rotatable bonds is 2. The summed E-state index contributed by atoms with van der Waals surface area (Å²) in [6, 6.07) is 0. The van der Waals surface area contributed by atoms with Gasteiger partial charge in [-0.2, -0.15) is 0 Å². The van der Waals surface area contributed by atoms with E-state index in [-0.39, 0.29) is 5.92 Å². The number of nitrogens with zero attached hydrogens (tertiary/aromatic N) is 1. The van der Waals surface area contributed by atoms with Crippen LogP contribution in [0.2, 0.25) is 0 Å². The number of hydrogen-bond donors (Lipinski definition) is 1. The van der Waals surface area contributed by atoms with Crippen LogP contribution >= 0.6 is 0 Å². The van der Waals surface area contributed by atoms with Crippen LogP contribution in [0.15, 0.2) is 0 Å². The number of carboxylic acids is 1. The van der Waals surface area contributed by atoms with Crippen LogP contribution in [0.25, 0.3) is 0 Å². The van der Waals surface area contributed by atoms with E-state index in [1.54, 1.807) is 0 Å². The number of carboxylic acid groups (broad SMARTS) is 1. The van der Waals surface area contributed by atoms with Crippen LogP contribution in [0, 0.1) is 5.92 Å². The number of aliphatic carboxylic acids is 1. The van der Waals surface area contributed by atoms with E-state index < -0.39 is 5.97 Å². The van der Waals surface area contributed by atoms with Crippen LogP contribution in [0.4, 0.5) is 0 Å². The van der Waals surface area contributed by atoms with Crippen molar-refractivity contribution in [2.24, 2.45) is 5.92 Å². The zero-order valence-corrected chi connectivity index (χ0v) is 7.42. The maximum atomic E-state index is 10.8. The van der Waals surface area contributed by atoms with Crippen LogP contribution in [0.1, 0.15) is 26.2 Å². The van der Waals surface area contributed by atoms with Crippen molar-refractivity contribution in [3.8, 4) is 0 Å². The van der Waals surface area contributed by atoms with Gasteiger partial charge in [-0.25, -0.2) is 0 Å². The summed E-state index contributed by atoms with van der Waals surface area (Å²) in [5, 5.41) is 8.86. The fraction of sp³-hybridized carbons (Fsp3) is 0.889. The van der Waals surface area contributed by atoms with Crippen molar-refractivity contribution >= 4 is 5.97 Å². The Morgan fingerprint density at radius 2 is 2.33 bits per heavy atom. The number of likely N-dealkylation sites (tertiary alicyclic amines) is 1. The monoisotopic (exact) mass is 169 g/mol. The van der Waals surface area contributed by atoms with E-state index in [1.165, 1.54) is 12.8 Å². The Morgan fingerprint density at radius 3 is 2.67 bits per heavy atom. The van der Waals surface area contributed by atoms with Crippen molar-refractivity contribution in [1.82, 2.24) is 4.90 Å². The highest BCUT2D eigenvalue weighted by Crippen LogP contribution is 2.51. The van der Waals surface area contributed by atoms with Gasteiger partial charge >= 0.3 is 5.97 Å². The predicted octanol–water partition coefficient (Wildman–Crippen LogP) is 0.945. The van der Waals surface area contributed by atoms with Crippen molar-refractivity contribution in [3.63, 3.8) is 0 Å². The molecule has 0 aromatic heterocycles. The van der Waals surface area contributed by atoms with Crippen molar-refractivity contribution in [2.75, 3.05) is 13.1 Å². The predicted molar refractivity (Wildman–Crippen MR) is 45.0 cm³/mol. The van der Waals surface area contributed by atoms with Gasteiger partial charge in [-0.1, -0.05) is 6.92 Å². The lowest BCUT2D eigenvalue weighted by atomic mass is 10.1. The van der Waals surface area contributed by atoms with Gasteiger partial charge in [0, 0.05) is 12.1 Å². The van der Waals surface area contributed by atoms with Gasteiger partial charge in [0.25, 0.3) is 0 Å². The highest BCUT2D eigenvalue weighted by molar-refractivity contribution is 5.71. The highest BCUT2D eigenvalue weighted by Gasteiger charge is 2.54. The molecule has 68 valence electrons. The minimum atomic E-state index is -0.614. The van der Waals surface area contributed by atoms with E-state index in [9.17, 15) is 4.79 Å². The molecule has 0 aromatic rings. The summed E-state index contributed by atoms with van der Waals surface area (Å²) in [6.45, 7) is 3.89. The van der Waals surface area contributed by atoms with Gasteiger partial charge in [0.2, 0.25) is 0 Å². The van der Waals surface area contributed by atoms with E-state index >= 15 is 0 Å². The lowest BCUT2D eigenvalue weighted by Gasteiger charge is -2.20. The molecule has 1 N–H and O–H groups in total. The van der Waals surface area contributed by atoms with Gasteiger partial charge < -0.3 is 5.11 Å². The standard InChI is InChI=1S/C9H15NO2/c1-2-10-6-7(8(11)12)5-9(10)3-4-9/h7H,2-6H2,1H3,(H,11,12). The third-order valence-corrected chi connectivity index (χ3v) is 3.30. The average molecular weight is 169 g/mol. The SMILES string of the molecule is CCN1CC(C(=O)O)CC12CC2. The summed E-state index contributed by atoms with van der Waals surface area (Å²) >= 11 is 0. The molecule has 1 spiro atoms. The molecule has 1 saturated heterocycles. The van der Waals surface area contributed by atoms with Crippen LogP contribution in [0.5, 0.6) is 0 Å². The van der Waals surface area contributed by atoms with Gasteiger partial charge in [-0.05, 0) is 25.8 Å². The Labute approximate surface area is 72.4 Å². The second-order valence-corrected chi connectivity index (χ2v) is 4.00. The van der Waals surface area contributed by atoms with Crippen molar-refractivity contribution < 1.29 is 9.90 Å². The molecule has 1 aliphatic heterocycles. The summed E-state index contributed by atoms with van der Waals surface area (Å²) in [5.74, 6) is -0.718. The fourth-order valence-electron chi connectivity index (χ4n) is 2.41. The van der Waals surface area contributed by atoms with E-state index in [1.807, 2.05) is 0 Å². The number of hydrogen-bond acceptors (Lipinski definition) is 2. The lowest BCUT2D eigenvalue weighted by molar-refractivity contribution is -0.141. The first-order chi connectivity index (χ1) is 5.68. The third kappa shape index (κ3) is 1.04. The van der Waals surface area contributed by atoms with E-state index in [0.29, 0.717) is 5.54 Å². The number of carbonyl (C=O) groups is 1. The van der Waals surface area contributed by atoms with Crippen LogP contribution in [0.3, 0.4) is 0 Å². The maximum absolute atomic E-state index is 10.8. The van der Waals surface area contributed by atoms with E-state index in [2.05, 4.69) is 11.8 Å². The quantitative estimate of drug-likeness (QED) is 0.669. The first-order valence-corrected chi connectivity index (χ1v) is 4.66. The molecule has 1 saturated carbocycles. The summed E-state index contributed by atoms with van der Waals surface area (Å²) in [6.07, 6.45) is 3.31. The van der Waals surface area contributed by atoms with E-state index in [0.717, 1.165) is 19.5 Å². The van der Waals surface area contributed by atoms with Gasteiger partial charge in [0.1, 0.15) is 0 Å². The van der Waals surface area contributed by atoms with Gasteiger partial charge in [-0.3, -0.25) is 9.69 Å². The summed E-state index contributed by atoms with van der Waals surface area (Å²) in [4.78, 5) is 13.1. The Hall–Kier alpha value is -0.570. The average Bonchev–Trinajstić information content (AvgIpc) is 2.64. The molecule has 0 radical (unpaired) electrons. The van der Waals surface area contributed by atoms with Crippen molar-refractivity contribution in [3.05, 3.63) is 0 Å². The maximum Gasteiger partial charge on any atom is 0.307 e. The lowest BCUT2D eigenvalue weighted by Crippen LogP contribution is -2.31. The summed E-state index contributed by atoms with van der Waals surface area (Å²) in [7, 11) is 0. The Bertz CT molecular complexity index is 211. The van der Waals surface area contributed by atoms with Crippen LogP contribution < -0.4 is 0 Å². The van der Waals surface area contributed by atoms with Crippen molar-refractivity contribution in [1.29, 1.82) is 0 Å². The molecule has 1 heterocycles. The summed E-state index contributed by atoms with van der Waals surface area (Å²) < 4.78 is 0. The first kappa shape index (κ1) is 8.05. The minimum Gasteiger partial charge on any atom is -0.481 e. The minimum absolute atomic E-state index is 0.104. The van der Waals surface area contributed by atoms with Gasteiger partial charge in [0.05, 0.1) is 5.92 Å². The molecular weight excluding hydrogens is 154 g/mol. The van der Waals surface area contributed by atoms with Crippen LogP contribution in [-0.2, 0) is 4.79 Å². The van der Waals surface area contributed by atoms with Gasteiger partial charge in [-0.15, -0.1) is 0 Å². The van der Waals surface area contributed by atoms with Crippen molar-refractivity contribution in [2.45, 2.75) is 31.7 Å². The molecule has 2 aliphatic rings. The summed E-state index contributed by atoms with van der Waals surface area (Å²) in [5.41, 5.74) is 0.317. The highest BCUT2D eigenvalue weighted by atomic mass is 16.4. The van der Waals surface area contributed by atoms with Crippen LogP contribution in [-0.4, -0.2) is 34.6 Å². The molecular formula is C9H15NO2. The molecule has 1 atom stereocenters. The topological polar surface area (TPSA) is 40.5 Å². The largest absolute Gasteiger partial charge is 0.481 e. The molecule has 2 fully saturated rings. The Kier molecular flexibility index (Phi) is 1.65. The zero-order valence-electron chi connectivity index (χ0n) is 7.42. The molecule has 0 amide bonds. The first-order valence-electron chi connectivity index (χ1n) is 4.66. The molecule has 0 bridgehead atoms. The Balaban J connectivity index is 2.06. The second-order valence-electron chi connectivity index (χ2n) is 4.00. The molecule has 3 nitrogen and oxygen atoms in total. The molecule has 1 unspecified atom stereocenters.